The molecule has 4 rings (SSSR count). The van der Waals surface area contributed by atoms with Crippen LogP contribution in [0.25, 0.3) is 11.2 Å². The maximum absolute atomic E-state index is 15.6. The van der Waals surface area contributed by atoms with E-state index in [9.17, 15) is 29.4 Å². The molecule has 1 unspecified atom stereocenters. The van der Waals surface area contributed by atoms with E-state index in [0.29, 0.717) is 0 Å². The number of ether oxygens (including phenoxy) is 10. The Kier molecular flexibility index (Phi) is 21.5. The summed E-state index contributed by atoms with van der Waals surface area (Å²) < 4.78 is 81.7. The number of aliphatic hydroxyl groups is 2. The fraction of sp³-hybridized carbons (Fsp3) is 0.775. The number of esters is 3. The average Bonchev–Trinajstić information content (AvgIpc) is 3.83. The Hall–Kier alpha value is -3.98. The molecule has 0 aromatic carbocycles. The molecule has 66 heavy (non-hydrogen) atoms. The molecular weight excluding hydrogens is 897 g/mol. The first-order chi connectivity index (χ1) is 31.4. The molecule has 0 bridgehead atoms. The van der Waals surface area contributed by atoms with Gasteiger partial charge in [-0.15, -0.1) is 0 Å². The number of nitrogen functional groups attached to an aromatic ring is 1. The minimum absolute atomic E-state index is 0.0276. The molecule has 0 radical (unpaired) electrons. The predicted molar refractivity (Wildman–Crippen MR) is 229 cm³/mol. The van der Waals surface area contributed by atoms with E-state index >= 15 is 4.57 Å². The number of anilines is 1. The van der Waals surface area contributed by atoms with E-state index in [0.717, 1.165) is 13.8 Å². The number of nitrogens with two attached hydrogens (primary N) is 1. The Balaban J connectivity index is 1.20. The van der Waals surface area contributed by atoms with Crippen LogP contribution in [0.2, 0.25) is 0 Å². The molecule has 1 amide bonds. The number of nitrogens with one attached hydrogen (secondary N) is 1. The molecule has 374 valence electrons. The van der Waals surface area contributed by atoms with Gasteiger partial charge in [-0.05, 0) is 27.7 Å². The Labute approximate surface area is 383 Å². The van der Waals surface area contributed by atoms with Crippen LogP contribution < -0.4 is 11.1 Å². The van der Waals surface area contributed by atoms with Crippen molar-refractivity contribution < 1.29 is 85.8 Å². The van der Waals surface area contributed by atoms with E-state index in [1.165, 1.54) is 31.1 Å². The van der Waals surface area contributed by atoms with Gasteiger partial charge in [-0.2, -0.15) is 0 Å². The second kappa shape index (κ2) is 26.0. The van der Waals surface area contributed by atoms with Crippen molar-refractivity contribution in [2.75, 3.05) is 85.0 Å². The quantitative estimate of drug-likeness (QED) is 0.0384. The van der Waals surface area contributed by atoms with Crippen molar-refractivity contribution in [1.82, 2.24) is 29.5 Å². The summed E-state index contributed by atoms with van der Waals surface area (Å²) in [5.74, 6) is -2.46. The van der Waals surface area contributed by atoms with Gasteiger partial charge in [0.1, 0.15) is 43.0 Å². The number of rotatable bonds is 28. The van der Waals surface area contributed by atoms with Gasteiger partial charge < -0.3 is 73.2 Å². The summed E-state index contributed by atoms with van der Waals surface area (Å²) in [6.07, 6.45) is -4.64. The van der Waals surface area contributed by atoms with E-state index in [1.807, 2.05) is 27.7 Å². The molecule has 5 N–H and O–H groups in total. The number of aliphatic hydroxyl groups excluding tert-OH is 2. The number of hydrogen-bond acceptors (Lipinski definition) is 22. The lowest BCUT2D eigenvalue weighted by Gasteiger charge is -2.46. The van der Waals surface area contributed by atoms with Crippen molar-refractivity contribution in [2.45, 2.75) is 122 Å². The molecule has 9 atom stereocenters. The van der Waals surface area contributed by atoms with Crippen LogP contribution in [0.4, 0.5) is 5.82 Å². The van der Waals surface area contributed by atoms with Crippen LogP contribution in [0.1, 0.15) is 61.8 Å². The zero-order valence-corrected chi connectivity index (χ0v) is 39.6. The Bertz CT molecular complexity index is 1920. The molecule has 0 aliphatic carbocycles. The molecule has 2 aromatic heterocycles. The summed E-state index contributed by atoms with van der Waals surface area (Å²) in [5, 5.41) is 23.8. The molecule has 4 heterocycles. The van der Waals surface area contributed by atoms with Crippen LogP contribution in [0.5, 0.6) is 0 Å². The highest BCUT2D eigenvalue weighted by molar-refractivity contribution is 7.57. The number of aromatic nitrogens is 4. The molecule has 0 saturated carbocycles. The summed E-state index contributed by atoms with van der Waals surface area (Å²) >= 11 is 0. The monoisotopic (exact) mass is 963 g/mol. The lowest BCUT2D eigenvalue weighted by Crippen LogP contribution is -2.66. The second-order valence-electron chi connectivity index (χ2n) is 15.9. The van der Waals surface area contributed by atoms with Gasteiger partial charge in [0.05, 0.1) is 78.8 Å². The standard InChI is InChI=1S/C40H66N7O18P/c1-24(2)47(25(3)4)66(54,40(19-30(53)31(20-48)65-40)46-23-44-34-37(41)42-22-43-38(34)46)61-18-16-58-14-12-56-10-9-55-11-13-57-15-17-59-39-33(45-26(5)49)36(63-29(8)52)35(62-28(7)51)32(64-39)21-60-27(6)50/h22-25,30-33,35-36,39,48,53H,9-21H2,1-8H3,(H,45,49)(H2,41,42,43)/t30-,31+,32+,33+,35-,36+,39+,40-,66?/m0/s1. The first-order valence-corrected chi connectivity index (χ1v) is 23.2. The highest BCUT2D eigenvalue weighted by atomic mass is 31.2. The third-order valence-corrected chi connectivity index (χ3v) is 13.6. The van der Waals surface area contributed by atoms with Crippen molar-refractivity contribution in [3.8, 4) is 0 Å². The van der Waals surface area contributed by atoms with Gasteiger partial charge in [-0.3, -0.25) is 28.3 Å². The summed E-state index contributed by atoms with van der Waals surface area (Å²) in [7, 11) is -4.18. The molecule has 2 aromatic rings. The number of carbonyl (C=O) groups excluding carboxylic acids is 4. The number of fused-ring (bicyclic) bond motifs is 1. The van der Waals surface area contributed by atoms with E-state index in [2.05, 4.69) is 20.3 Å². The van der Waals surface area contributed by atoms with Crippen LogP contribution in [-0.4, -0.2) is 192 Å². The van der Waals surface area contributed by atoms with Crippen molar-refractivity contribution in [3.63, 3.8) is 0 Å². The highest BCUT2D eigenvalue weighted by Gasteiger charge is 2.64. The van der Waals surface area contributed by atoms with E-state index in [4.69, 9.17) is 57.6 Å². The molecule has 25 nitrogen and oxygen atoms in total. The van der Waals surface area contributed by atoms with Crippen molar-refractivity contribution in [2.24, 2.45) is 0 Å². The Morgan fingerprint density at radius 3 is 1.92 bits per heavy atom. The van der Waals surface area contributed by atoms with Crippen LogP contribution in [0, 0.1) is 0 Å². The molecule has 2 fully saturated rings. The zero-order chi connectivity index (χ0) is 48.6. The van der Waals surface area contributed by atoms with Crippen molar-refractivity contribution in [3.05, 3.63) is 12.7 Å². The maximum Gasteiger partial charge on any atom is 0.325 e. The third kappa shape index (κ3) is 14.3. The molecule has 0 spiro atoms. The number of amides is 1. The fourth-order valence-corrected chi connectivity index (χ4v) is 11.0. The van der Waals surface area contributed by atoms with Gasteiger partial charge in [-0.25, -0.2) is 19.6 Å². The lowest BCUT2D eigenvalue weighted by atomic mass is 9.96. The largest absolute Gasteiger partial charge is 0.463 e. The normalized spacial score (nSPS) is 25.3. The number of hydrogen-bond donors (Lipinski definition) is 4. The van der Waals surface area contributed by atoms with Crippen molar-refractivity contribution >= 4 is 48.3 Å². The smallest absolute Gasteiger partial charge is 0.325 e. The number of nitrogens with zero attached hydrogens (tertiary/aromatic N) is 5. The molecule has 2 aliphatic rings. The lowest BCUT2D eigenvalue weighted by molar-refractivity contribution is -0.279. The van der Waals surface area contributed by atoms with Crippen LogP contribution in [0.15, 0.2) is 12.7 Å². The Morgan fingerprint density at radius 2 is 1.41 bits per heavy atom. The summed E-state index contributed by atoms with van der Waals surface area (Å²) in [6.45, 7) is 12.6. The third-order valence-electron chi connectivity index (χ3n) is 10.2. The average molecular weight is 964 g/mol. The second-order valence-corrected chi connectivity index (χ2v) is 18.3. The number of imidazole rings is 1. The van der Waals surface area contributed by atoms with Gasteiger partial charge in [0.15, 0.2) is 30.0 Å². The zero-order valence-electron chi connectivity index (χ0n) is 38.7. The topological polar surface area (TPSA) is 312 Å². The molecule has 2 aliphatic heterocycles. The van der Waals surface area contributed by atoms with E-state index in [-0.39, 0.29) is 108 Å². The summed E-state index contributed by atoms with van der Waals surface area (Å²) in [4.78, 5) is 60.4. The van der Waals surface area contributed by atoms with Gasteiger partial charge >= 0.3 is 25.4 Å². The highest BCUT2D eigenvalue weighted by Crippen LogP contribution is 2.70. The summed E-state index contributed by atoms with van der Waals surface area (Å²) in [5.41, 5.74) is 4.68. The van der Waals surface area contributed by atoms with E-state index in [1.54, 1.807) is 4.67 Å². The minimum Gasteiger partial charge on any atom is -0.463 e. The predicted octanol–water partition coefficient (Wildman–Crippen LogP) is 0.229. The molecule has 26 heteroatoms. The Morgan fingerprint density at radius 1 is 0.848 bits per heavy atom. The first kappa shape index (κ1) is 54.6. The van der Waals surface area contributed by atoms with Gasteiger partial charge in [-0.1, -0.05) is 0 Å². The van der Waals surface area contributed by atoms with Gasteiger partial charge in [0.2, 0.25) is 11.4 Å². The molecular formula is C40H66N7O18P. The maximum atomic E-state index is 15.6. The number of carbonyl (C=O) groups is 4. The van der Waals surface area contributed by atoms with Crippen LogP contribution >= 0.6 is 7.52 Å². The van der Waals surface area contributed by atoms with Crippen LogP contribution in [0.3, 0.4) is 0 Å². The molecule has 2 saturated heterocycles. The first-order valence-electron chi connectivity index (χ1n) is 21.6. The van der Waals surface area contributed by atoms with Crippen LogP contribution in [-0.2, 0) is 81.1 Å². The SMILES string of the molecule is CC(=O)N[C@H]1[C@H](OCCOCCOCCOCCOCCOP(=O)(N(C(C)C)C(C)C)[C@]2(n3cnc4c(N)ncnc43)C[C@H](O)[C@@H](CO)O2)O[C@H](COC(C)=O)[C@H](OC(C)=O)[C@@H]1OC(C)=O. The van der Waals surface area contributed by atoms with Gasteiger partial charge in [0, 0.05) is 46.2 Å². The van der Waals surface area contributed by atoms with Crippen molar-refractivity contribution in [1.29, 1.82) is 0 Å². The van der Waals surface area contributed by atoms with Gasteiger partial charge in [0.25, 0.3) is 0 Å². The minimum atomic E-state index is -4.18. The summed E-state index contributed by atoms with van der Waals surface area (Å²) in [6, 6.07) is -1.72. The fourth-order valence-electron chi connectivity index (χ4n) is 7.70. The van der Waals surface area contributed by atoms with E-state index < -0.39 is 86.3 Å².